The van der Waals surface area contributed by atoms with Crippen LogP contribution in [0.4, 0.5) is 0 Å². The molecule has 0 aliphatic rings. The van der Waals surface area contributed by atoms with Gasteiger partial charge in [-0.05, 0) is 24.3 Å². The molecule has 100 valence electrons. The standard InChI is InChI=1S/2C6H5NO2.H2Se/c2*8-6(9)5-3-1-2-4-7-5;/h2*1-4H,(H,8,9);1H2. The van der Waals surface area contributed by atoms with Crippen LogP contribution in [-0.4, -0.2) is 49.2 Å². The first kappa shape index (κ1) is 16.8. The molecule has 0 atom stereocenters. The first-order chi connectivity index (χ1) is 8.61. The van der Waals surface area contributed by atoms with Gasteiger partial charge in [0.05, 0.1) is 0 Å². The molecule has 0 aliphatic carbocycles. The van der Waals surface area contributed by atoms with Crippen molar-refractivity contribution >= 4 is 29.0 Å². The van der Waals surface area contributed by atoms with Crippen molar-refractivity contribution in [3.8, 4) is 0 Å². The first-order valence-electron chi connectivity index (χ1n) is 4.90. The summed E-state index contributed by atoms with van der Waals surface area (Å²) >= 11 is 0. The van der Waals surface area contributed by atoms with Gasteiger partial charge >= 0.3 is 29.0 Å². The van der Waals surface area contributed by atoms with E-state index in [4.69, 9.17) is 10.2 Å². The summed E-state index contributed by atoms with van der Waals surface area (Å²) in [5.41, 5.74) is 0.162. The van der Waals surface area contributed by atoms with Crippen LogP contribution >= 0.6 is 0 Å². The van der Waals surface area contributed by atoms with Crippen LogP contribution in [0.5, 0.6) is 0 Å². The van der Waals surface area contributed by atoms with Gasteiger partial charge in [0.25, 0.3) is 0 Å². The second kappa shape index (κ2) is 8.79. The Morgan fingerprint density at radius 3 is 1.32 bits per heavy atom. The minimum absolute atomic E-state index is 0. The maximum absolute atomic E-state index is 10.1. The Labute approximate surface area is 119 Å². The summed E-state index contributed by atoms with van der Waals surface area (Å²) in [4.78, 5) is 27.4. The molecule has 0 spiro atoms. The number of aromatic carboxylic acids is 2. The summed E-state index contributed by atoms with van der Waals surface area (Å²) in [6.45, 7) is 0. The number of hydrogen-bond donors (Lipinski definition) is 2. The fraction of sp³-hybridized carbons (Fsp3) is 0. The van der Waals surface area contributed by atoms with Crippen LogP contribution in [0.15, 0.2) is 48.8 Å². The summed E-state index contributed by atoms with van der Waals surface area (Å²) in [6.07, 6.45) is 2.90. The molecule has 0 aliphatic heterocycles. The molecule has 2 N–H and O–H groups in total. The average molecular weight is 327 g/mol. The topological polar surface area (TPSA) is 100 Å². The fourth-order valence-electron chi connectivity index (χ4n) is 0.979. The molecule has 0 saturated carbocycles. The van der Waals surface area contributed by atoms with Gasteiger partial charge in [-0.2, -0.15) is 0 Å². The SMILES string of the molecule is O=C(O)c1ccccn1.O=C(O)c1ccccn1.[SeH2]. The van der Waals surface area contributed by atoms with E-state index in [0.29, 0.717) is 0 Å². The summed E-state index contributed by atoms with van der Waals surface area (Å²) in [5.74, 6) is -1.98. The summed E-state index contributed by atoms with van der Waals surface area (Å²) < 4.78 is 0. The van der Waals surface area contributed by atoms with Gasteiger partial charge in [0.1, 0.15) is 11.4 Å². The molecule has 19 heavy (non-hydrogen) atoms. The van der Waals surface area contributed by atoms with Gasteiger partial charge in [0.15, 0.2) is 0 Å². The zero-order valence-corrected chi connectivity index (χ0v) is 11.8. The predicted octanol–water partition coefficient (Wildman–Crippen LogP) is 0.643. The second-order valence-corrected chi connectivity index (χ2v) is 3.04. The third kappa shape index (κ3) is 6.30. The third-order valence-corrected chi connectivity index (χ3v) is 1.77. The van der Waals surface area contributed by atoms with Crippen molar-refractivity contribution in [1.29, 1.82) is 0 Å². The second-order valence-electron chi connectivity index (χ2n) is 3.04. The van der Waals surface area contributed by atoms with Gasteiger partial charge in [-0.3, -0.25) is 0 Å². The van der Waals surface area contributed by atoms with Crippen molar-refractivity contribution in [3.63, 3.8) is 0 Å². The third-order valence-electron chi connectivity index (χ3n) is 1.77. The molecule has 2 rings (SSSR count). The first-order valence-corrected chi connectivity index (χ1v) is 4.90. The molecule has 0 unspecified atom stereocenters. The van der Waals surface area contributed by atoms with Gasteiger partial charge in [-0.25, -0.2) is 19.6 Å². The molecular weight excluding hydrogens is 315 g/mol. The molecule has 0 fully saturated rings. The van der Waals surface area contributed by atoms with Crippen LogP contribution in [0, 0.1) is 0 Å². The number of carboxylic acid groups (broad SMARTS) is 2. The Morgan fingerprint density at radius 2 is 1.16 bits per heavy atom. The molecule has 2 heterocycles. The molecule has 2 aromatic heterocycles. The van der Waals surface area contributed by atoms with Crippen molar-refractivity contribution in [2.45, 2.75) is 0 Å². The van der Waals surface area contributed by atoms with Gasteiger partial charge in [-0.15, -0.1) is 0 Å². The summed E-state index contributed by atoms with van der Waals surface area (Å²) in [6, 6.07) is 9.51. The molecule has 0 bridgehead atoms. The van der Waals surface area contributed by atoms with Crippen molar-refractivity contribution in [3.05, 3.63) is 60.2 Å². The van der Waals surface area contributed by atoms with E-state index in [1.807, 2.05) is 0 Å². The van der Waals surface area contributed by atoms with E-state index in [1.54, 1.807) is 24.3 Å². The van der Waals surface area contributed by atoms with Crippen LogP contribution in [0.25, 0.3) is 0 Å². The van der Waals surface area contributed by atoms with E-state index in [1.165, 1.54) is 24.5 Å². The van der Waals surface area contributed by atoms with Gasteiger partial charge < -0.3 is 10.2 Å². The number of pyridine rings is 2. The Morgan fingerprint density at radius 1 is 0.789 bits per heavy atom. The minimum atomic E-state index is -0.990. The zero-order chi connectivity index (χ0) is 13.4. The Hall–Kier alpha value is -2.24. The average Bonchev–Trinajstić information content (AvgIpc) is 2.41. The Kier molecular flexibility index (Phi) is 7.76. The molecule has 0 radical (unpaired) electrons. The van der Waals surface area contributed by atoms with E-state index < -0.39 is 11.9 Å². The van der Waals surface area contributed by atoms with Crippen molar-refractivity contribution in [1.82, 2.24) is 9.97 Å². The van der Waals surface area contributed by atoms with Gasteiger partial charge in [-0.1, -0.05) is 12.1 Å². The van der Waals surface area contributed by atoms with E-state index in [9.17, 15) is 9.59 Å². The summed E-state index contributed by atoms with van der Waals surface area (Å²) in [7, 11) is 0. The van der Waals surface area contributed by atoms with Crippen LogP contribution in [-0.2, 0) is 0 Å². The predicted molar refractivity (Wildman–Crippen MR) is 70.9 cm³/mol. The number of carboxylic acids is 2. The normalized spacial score (nSPS) is 8.42. The van der Waals surface area contributed by atoms with E-state index in [2.05, 4.69) is 9.97 Å². The Balaban J connectivity index is 0.000000324. The maximum atomic E-state index is 10.1. The monoisotopic (exact) mass is 328 g/mol. The van der Waals surface area contributed by atoms with Gasteiger partial charge in [0.2, 0.25) is 0 Å². The van der Waals surface area contributed by atoms with Crippen LogP contribution < -0.4 is 0 Å². The van der Waals surface area contributed by atoms with E-state index in [0.717, 1.165) is 0 Å². The number of hydrogen-bond acceptors (Lipinski definition) is 4. The number of aromatic nitrogens is 2. The van der Waals surface area contributed by atoms with E-state index >= 15 is 0 Å². The van der Waals surface area contributed by atoms with E-state index in [-0.39, 0.29) is 28.5 Å². The van der Waals surface area contributed by atoms with Crippen LogP contribution in [0.1, 0.15) is 21.0 Å². The molecule has 6 nitrogen and oxygen atoms in total. The summed E-state index contributed by atoms with van der Waals surface area (Å²) in [5, 5.41) is 16.6. The van der Waals surface area contributed by atoms with Crippen LogP contribution in [0.2, 0.25) is 0 Å². The van der Waals surface area contributed by atoms with Crippen LogP contribution in [0.3, 0.4) is 0 Å². The number of rotatable bonds is 2. The van der Waals surface area contributed by atoms with Crippen molar-refractivity contribution < 1.29 is 19.8 Å². The number of carbonyl (C=O) groups is 2. The number of nitrogens with zero attached hydrogens (tertiary/aromatic N) is 2. The van der Waals surface area contributed by atoms with Crippen molar-refractivity contribution in [2.75, 3.05) is 0 Å². The van der Waals surface area contributed by atoms with Crippen molar-refractivity contribution in [2.24, 2.45) is 0 Å². The molecule has 0 saturated heterocycles. The van der Waals surface area contributed by atoms with Gasteiger partial charge in [0, 0.05) is 12.4 Å². The molecule has 0 amide bonds. The zero-order valence-electron chi connectivity index (χ0n) is 9.72. The Bertz CT molecular complexity index is 470. The fourth-order valence-corrected chi connectivity index (χ4v) is 0.979. The molecular formula is C12H12N2O4Se. The molecule has 7 heteroatoms. The molecule has 2 aromatic rings. The quantitative estimate of drug-likeness (QED) is 0.785. The molecule has 0 aromatic carbocycles.